The molecule has 0 aromatic heterocycles. The largest absolute Gasteiger partial charge is 0.508 e. The van der Waals surface area contributed by atoms with E-state index in [2.05, 4.69) is 0 Å². The zero-order valence-corrected chi connectivity index (χ0v) is 40.5. The van der Waals surface area contributed by atoms with Crippen LogP contribution in [0.2, 0.25) is 0 Å². The first-order valence-corrected chi connectivity index (χ1v) is 27.2. The fraction of sp³-hybridized carbons (Fsp3) is 0. The van der Waals surface area contributed by atoms with Crippen molar-refractivity contribution in [3.8, 4) is 92.0 Å². The molecule has 0 aliphatic carbocycles. The van der Waals surface area contributed by atoms with Gasteiger partial charge < -0.3 is 77.0 Å². The molecule has 24 heteroatoms. The minimum absolute atomic E-state index is 0.0190. The first-order chi connectivity index (χ1) is 34.6. The highest BCUT2D eigenvalue weighted by atomic mass is 31.3. The van der Waals surface area contributed by atoms with Crippen molar-refractivity contribution in [3.63, 3.8) is 0 Å². The molecule has 0 saturated heterocycles. The number of rotatable bonds is 16. The van der Waals surface area contributed by atoms with Crippen molar-refractivity contribution >= 4 is 30.6 Å². The van der Waals surface area contributed by atoms with Crippen molar-refractivity contribution in [3.05, 3.63) is 194 Å². The van der Waals surface area contributed by atoms with E-state index in [0.717, 1.165) is 0 Å². The van der Waals surface area contributed by atoms with Crippen molar-refractivity contribution in [2.45, 2.75) is 0 Å². The van der Waals surface area contributed by atoms with Crippen LogP contribution in [0.5, 0.6) is 92.0 Å². The van der Waals surface area contributed by atoms with Crippen LogP contribution >= 0.6 is 30.6 Å². The molecule has 1 aliphatic rings. The average Bonchev–Trinajstić information content (AvgIpc) is 3.34. The molecule has 8 N–H and O–H groups in total. The second-order valence-electron chi connectivity index (χ2n) is 15.0. The van der Waals surface area contributed by atoms with Gasteiger partial charge in [0.1, 0.15) is 92.0 Å². The molecule has 1 aliphatic heterocycles. The van der Waals surface area contributed by atoms with Crippen molar-refractivity contribution < 1.29 is 77.0 Å². The quantitative estimate of drug-likeness (QED) is 0.0417. The summed E-state index contributed by atoms with van der Waals surface area (Å²) >= 11 is 0. The molecule has 0 saturated carbocycles. The molecule has 9 rings (SSSR count). The van der Waals surface area contributed by atoms with Gasteiger partial charge in [0.25, 0.3) is 0 Å². The summed E-state index contributed by atoms with van der Waals surface area (Å²) in [4.78, 5) is 0. The Morgan fingerprint density at radius 3 is 0.375 bits per heavy atom. The number of phenols is 8. The van der Waals surface area contributed by atoms with E-state index in [1.165, 1.54) is 194 Å². The number of phenolic OH excluding ortho intramolecular Hbond substituents is 8. The van der Waals surface area contributed by atoms with Gasteiger partial charge in [-0.3, -0.25) is 0 Å². The van der Waals surface area contributed by atoms with E-state index in [0.29, 0.717) is 0 Å². The molecule has 368 valence electrons. The molecule has 0 spiro atoms. The predicted molar refractivity (Wildman–Crippen MR) is 267 cm³/mol. The molecule has 1 heterocycles. The zero-order valence-electron chi connectivity index (χ0n) is 36.9. The lowest BCUT2D eigenvalue weighted by Gasteiger charge is -2.33. The first-order valence-electron chi connectivity index (χ1n) is 21.1. The van der Waals surface area contributed by atoms with Crippen LogP contribution in [-0.2, 0) is 0 Å². The molecule has 0 bridgehead atoms. The Labute approximate surface area is 410 Å². The lowest BCUT2D eigenvalue weighted by molar-refractivity contribution is 0.437. The second-order valence-corrected chi connectivity index (χ2v) is 23.2. The zero-order chi connectivity index (χ0) is 50.4. The first kappa shape index (κ1) is 48.5. The monoisotopic (exact) mass is 1050 g/mol. The average molecular weight is 1050 g/mol. The highest BCUT2D eigenvalue weighted by molar-refractivity contribution is 7.79. The van der Waals surface area contributed by atoms with Crippen molar-refractivity contribution in [2.75, 3.05) is 0 Å². The maximum atomic E-state index is 10.4. The number of nitrogens with zero attached hydrogens (tertiary/aromatic N) is 4. The fourth-order valence-electron chi connectivity index (χ4n) is 6.16. The molecule has 0 fully saturated rings. The lowest BCUT2D eigenvalue weighted by atomic mass is 10.3. The molecule has 0 radical (unpaired) electrons. The minimum Gasteiger partial charge on any atom is -0.508 e. The van der Waals surface area contributed by atoms with E-state index in [-0.39, 0.29) is 92.0 Å². The van der Waals surface area contributed by atoms with Crippen molar-refractivity contribution in [2.24, 2.45) is 18.1 Å². The molecule has 8 aromatic carbocycles. The minimum atomic E-state index is -4.86. The second kappa shape index (κ2) is 20.4. The lowest BCUT2D eigenvalue weighted by Crippen LogP contribution is -2.11. The van der Waals surface area contributed by atoms with Gasteiger partial charge in [0.15, 0.2) is 0 Å². The Hall–Kier alpha value is -8.52. The highest BCUT2D eigenvalue weighted by Crippen LogP contribution is 2.79. The maximum Gasteiger partial charge on any atom is 0.460 e. The van der Waals surface area contributed by atoms with Gasteiger partial charge in [-0.2, -0.15) is 0 Å². The number of benzene rings is 8. The molecule has 0 amide bonds. The van der Waals surface area contributed by atoms with Gasteiger partial charge in [0.05, 0.1) is 0 Å². The molecular weight excluding hydrogens is 1010 g/mol. The number of aromatic hydroxyl groups is 8. The van der Waals surface area contributed by atoms with Crippen LogP contribution in [0, 0.1) is 0 Å². The highest BCUT2D eigenvalue weighted by Gasteiger charge is 2.49. The van der Waals surface area contributed by atoms with Crippen LogP contribution in [0.3, 0.4) is 0 Å². The van der Waals surface area contributed by atoms with Gasteiger partial charge in [-0.15, -0.1) is 0 Å². The molecule has 0 unspecified atom stereocenters. The molecule has 0 atom stereocenters. The van der Waals surface area contributed by atoms with E-state index in [9.17, 15) is 40.9 Å². The van der Waals surface area contributed by atoms with Crippen molar-refractivity contribution in [1.29, 1.82) is 0 Å². The predicted octanol–water partition coefficient (Wildman–Crippen LogP) is 14.1. The van der Waals surface area contributed by atoms with Crippen LogP contribution < -0.4 is 36.2 Å². The van der Waals surface area contributed by atoms with E-state index in [4.69, 9.17) is 54.3 Å². The van der Waals surface area contributed by atoms with E-state index in [1.54, 1.807) is 0 Å². The summed E-state index contributed by atoms with van der Waals surface area (Å²) < 4.78 is 75.8. The van der Waals surface area contributed by atoms with Crippen molar-refractivity contribution in [1.82, 2.24) is 0 Å². The fourth-order valence-corrected chi connectivity index (χ4v) is 18.3. The standard InChI is InChI=1S/C48H40N4O16P4/c53-33-1-17-41(18-2-33)61-69(62-42-19-3-34(54)4-20-42)49-70(63-43-21-5-35(55)6-22-43,64-44-23-7-36(56)8-24-44)51-72(67-47-29-13-39(59)14-30-47,68-48-31-15-40(60)16-32-48)52-71(50-69,65-45-25-9-37(57)10-26-45)66-46-27-11-38(58)12-28-46/h1-32,53-60H. The summed E-state index contributed by atoms with van der Waals surface area (Å²) in [7, 11) is -19.4. The van der Waals surface area contributed by atoms with Crippen LogP contribution in [0.4, 0.5) is 0 Å². The third-order valence-corrected chi connectivity index (χ3v) is 20.2. The molecule has 20 nitrogen and oxygen atoms in total. The third kappa shape index (κ3) is 12.3. The smallest absolute Gasteiger partial charge is 0.460 e. The summed E-state index contributed by atoms with van der Waals surface area (Å²) in [6.07, 6.45) is 0. The summed E-state index contributed by atoms with van der Waals surface area (Å²) in [5.41, 5.74) is 0. The Kier molecular flexibility index (Phi) is 13.8. The number of hydrogen-bond acceptors (Lipinski definition) is 20. The Bertz CT molecular complexity index is 2720. The van der Waals surface area contributed by atoms with Crippen LogP contribution in [0.1, 0.15) is 0 Å². The number of hydrogen-bond donors (Lipinski definition) is 8. The molecule has 8 aromatic rings. The van der Waals surface area contributed by atoms with Crippen LogP contribution in [-0.4, -0.2) is 40.9 Å². The summed E-state index contributed by atoms with van der Waals surface area (Å²) in [5.74, 6) is -1.27. The molecule has 72 heavy (non-hydrogen) atoms. The maximum absolute atomic E-state index is 10.4. The van der Waals surface area contributed by atoms with Gasteiger partial charge in [0, 0.05) is 0 Å². The van der Waals surface area contributed by atoms with Gasteiger partial charge in [-0.05, 0) is 194 Å². The Morgan fingerprint density at radius 1 is 0.181 bits per heavy atom. The van der Waals surface area contributed by atoms with E-state index >= 15 is 0 Å². The van der Waals surface area contributed by atoms with Gasteiger partial charge in [-0.1, -0.05) is 18.1 Å². The topological polar surface area (TPSA) is 285 Å². The van der Waals surface area contributed by atoms with Crippen LogP contribution in [0.25, 0.3) is 0 Å². The Morgan fingerprint density at radius 2 is 0.278 bits per heavy atom. The van der Waals surface area contributed by atoms with E-state index in [1.807, 2.05) is 0 Å². The van der Waals surface area contributed by atoms with Crippen LogP contribution in [0.15, 0.2) is 212 Å². The van der Waals surface area contributed by atoms with Gasteiger partial charge >= 0.3 is 30.6 Å². The SMILES string of the molecule is Oc1ccc(OP2(Oc3ccc(O)cc3)=NP(Oc3ccc(O)cc3)(Oc3ccc(O)cc3)=NP(Oc3ccc(O)cc3)(Oc3ccc(O)cc3)=NP(Oc3ccc(O)cc3)(Oc3ccc(O)cc3)=N2)cc1. The van der Waals surface area contributed by atoms with Gasteiger partial charge in [0.2, 0.25) is 0 Å². The summed E-state index contributed by atoms with van der Waals surface area (Å²) in [5, 5.41) is 83.4. The van der Waals surface area contributed by atoms with Gasteiger partial charge in [-0.25, -0.2) is 0 Å². The van der Waals surface area contributed by atoms with E-state index < -0.39 is 30.6 Å². The normalized spacial score (nSPS) is 14.9. The summed E-state index contributed by atoms with van der Waals surface area (Å²) in [6.45, 7) is 0. The molecular formula is C48H40N4O16P4. The summed E-state index contributed by atoms with van der Waals surface area (Å²) in [6, 6.07) is 43.4. The third-order valence-electron chi connectivity index (χ3n) is 9.39. The Balaban J connectivity index is 1.50.